The Balaban J connectivity index is 1.51. The van der Waals surface area contributed by atoms with Crippen molar-refractivity contribution >= 4 is 11.6 Å². The van der Waals surface area contributed by atoms with Gasteiger partial charge in [-0.25, -0.2) is 13.8 Å². The Morgan fingerprint density at radius 2 is 1.92 bits per heavy atom. The number of ether oxygens (including phenoxy) is 2. The number of pyridine rings is 1. The van der Waals surface area contributed by atoms with Gasteiger partial charge < -0.3 is 9.47 Å². The van der Waals surface area contributed by atoms with Gasteiger partial charge in [0.15, 0.2) is 11.6 Å². The van der Waals surface area contributed by atoms with Crippen LogP contribution in [0.3, 0.4) is 0 Å². The topological polar surface area (TPSA) is 31.4 Å². The van der Waals surface area contributed by atoms with Crippen molar-refractivity contribution in [1.82, 2.24) is 4.98 Å². The molecule has 26 heavy (non-hydrogen) atoms. The van der Waals surface area contributed by atoms with Crippen LogP contribution in [0.25, 0.3) is 0 Å². The van der Waals surface area contributed by atoms with Gasteiger partial charge in [-0.3, -0.25) is 0 Å². The molecule has 0 N–H and O–H groups in total. The van der Waals surface area contributed by atoms with E-state index in [1.807, 2.05) is 12.1 Å². The van der Waals surface area contributed by atoms with Gasteiger partial charge in [0.05, 0.1) is 5.02 Å². The first kappa shape index (κ1) is 16.8. The lowest BCUT2D eigenvalue weighted by Crippen LogP contribution is -2.15. The van der Waals surface area contributed by atoms with Crippen LogP contribution in [-0.4, -0.2) is 4.98 Å². The van der Waals surface area contributed by atoms with Gasteiger partial charge in [-0.05, 0) is 60.4 Å². The normalized spacial score (nSPS) is 15.9. The molecule has 1 unspecified atom stereocenters. The zero-order valence-corrected chi connectivity index (χ0v) is 14.3. The van der Waals surface area contributed by atoms with E-state index in [1.54, 1.807) is 24.3 Å². The second-order valence-corrected chi connectivity index (χ2v) is 6.44. The summed E-state index contributed by atoms with van der Waals surface area (Å²) >= 11 is 5.81. The molecule has 4 rings (SSSR count). The Morgan fingerprint density at radius 1 is 1.04 bits per heavy atom. The van der Waals surface area contributed by atoms with Crippen LogP contribution in [0.1, 0.15) is 23.7 Å². The Hall–Kier alpha value is -2.66. The predicted octanol–water partition coefficient (Wildman–Crippen LogP) is 5.87. The van der Waals surface area contributed by atoms with E-state index in [4.69, 9.17) is 21.1 Å². The second-order valence-electron chi connectivity index (χ2n) is 6.00. The van der Waals surface area contributed by atoms with Crippen LogP contribution in [0.4, 0.5) is 8.78 Å². The van der Waals surface area contributed by atoms with Gasteiger partial charge in [-0.1, -0.05) is 17.7 Å². The maximum absolute atomic E-state index is 13.5. The molecule has 1 aromatic heterocycles. The van der Waals surface area contributed by atoms with Crippen molar-refractivity contribution in [2.24, 2.45) is 0 Å². The van der Waals surface area contributed by atoms with Crippen LogP contribution in [0, 0.1) is 11.6 Å². The predicted molar refractivity (Wildman–Crippen MR) is 93.8 cm³/mol. The van der Waals surface area contributed by atoms with Gasteiger partial charge in [-0.2, -0.15) is 0 Å². The summed E-state index contributed by atoms with van der Waals surface area (Å²) in [5, 5.41) is 0.541. The van der Waals surface area contributed by atoms with E-state index in [2.05, 4.69) is 4.98 Å². The average molecular weight is 374 g/mol. The Kier molecular flexibility index (Phi) is 4.47. The van der Waals surface area contributed by atoms with E-state index in [-0.39, 0.29) is 6.10 Å². The van der Waals surface area contributed by atoms with Gasteiger partial charge in [0.25, 0.3) is 0 Å². The fraction of sp³-hybridized carbons (Fsp3) is 0.150. The lowest BCUT2D eigenvalue weighted by Gasteiger charge is -2.26. The minimum Gasteiger partial charge on any atom is -0.485 e. The monoisotopic (exact) mass is 373 g/mol. The molecular weight excluding hydrogens is 360 g/mol. The highest BCUT2D eigenvalue weighted by molar-refractivity contribution is 6.30. The van der Waals surface area contributed by atoms with Crippen LogP contribution in [0.15, 0.2) is 54.7 Å². The molecule has 0 bridgehead atoms. The number of hydrogen-bond acceptors (Lipinski definition) is 3. The zero-order chi connectivity index (χ0) is 18.1. The third-order valence-electron chi connectivity index (χ3n) is 4.22. The Labute approximate surface area is 154 Å². The summed E-state index contributed by atoms with van der Waals surface area (Å²) < 4.78 is 38.2. The first-order chi connectivity index (χ1) is 12.6. The number of halogens is 3. The summed E-state index contributed by atoms with van der Waals surface area (Å²) in [7, 11) is 0. The van der Waals surface area contributed by atoms with Crippen molar-refractivity contribution < 1.29 is 18.3 Å². The summed E-state index contributed by atoms with van der Waals surface area (Å²) in [6, 6.07) is 12.8. The average Bonchev–Trinajstić information content (AvgIpc) is 2.65. The molecule has 0 fully saturated rings. The molecule has 132 valence electrons. The van der Waals surface area contributed by atoms with Gasteiger partial charge in [-0.15, -0.1) is 0 Å². The minimum atomic E-state index is -0.865. The smallest absolute Gasteiger partial charge is 0.219 e. The number of aryl methyl sites for hydroxylation is 1. The standard InChI is InChI=1S/C20H14ClF2NO2/c21-14-3-8-20(24-11-14)25-15-4-7-19-12(9-15)2-6-18(26-19)13-1-5-16(22)17(23)10-13/h1,3-5,7-11,18H,2,6H2. The maximum atomic E-state index is 13.5. The quantitative estimate of drug-likeness (QED) is 0.575. The molecule has 0 amide bonds. The molecule has 0 saturated carbocycles. The third-order valence-corrected chi connectivity index (χ3v) is 4.44. The third kappa shape index (κ3) is 3.48. The minimum absolute atomic E-state index is 0.303. The Bertz CT molecular complexity index is 947. The molecular formula is C20H14ClF2NO2. The van der Waals surface area contributed by atoms with E-state index in [0.717, 1.165) is 18.1 Å². The molecule has 0 aliphatic carbocycles. The van der Waals surface area contributed by atoms with Crippen molar-refractivity contribution in [2.45, 2.75) is 18.9 Å². The molecule has 1 aliphatic rings. The highest BCUT2D eigenvalue weighted by atomic mass is 35.5. The highest BCUT2D eigenvalue weighted by Crippen LogP contribution is 2.37. The number of benzene rings is 2. The molecule has 0 spiro atoms. The van der Waals surface area contributed by atoms with Crippen molar-refractivity contribution in [3.63, 3.8) is 0 Å². The van der Waals surface area contributed by atoms with E-state index >= 15 is 0 Å². The molecule has 3 nitrogen and oxygen atoms in total. The molecule has 2 heterocycles. The lowest BCUT2D eigenvalue weighted by molar-refractivity contribution is 0.175. The number of rotatable bonds is 3. The summed E-state index contributed by atoms with van der Waals surface area (Å²) in [6.07, 6.45) is 2.62. The van der Waals surface area contributed by atoms with E-state index < -0.39 is 11.6 Å². The molecule has 3 aromatic rings. The SMILES string of the molecule is Fc1ccc(C2CCc3cc(Oc4ccc(Cl)cn4)ccc3O2)cc1F. The van der Waals surface area contributed by atoms with Crippen molar-refractivity contribution in [3.05, 3.63) is 82.5 Å². The molecule has 1 atom stereocenters. The summed E-state index contributed by atoms with van der Waals surface area (Å²) in [5.74, 6) is 0.0836. The highest BCUT2D eigenvalue weighted by Gasteiger charge is 2.23. The number of fused-ring (bicyclic) bond motifs is 1. The first-order valence-corrected chi connectivity index (χ1v) is 8.50. The number of hydrogen-bond donors (Lipinski definition) is 0. The lowest BCUT2D eigenvalue weighted by atomic mass is 9.97. The zero-order valence-electron chi connectivity index (χ0n) is 13.6. The van der Waals surface area contributed by atoms with Crippen LogP contribution in [0.2, 0.25) is 5.02 Å². The molecule has 2 aromatic carbocycles. The van der Waals surface area contributed by atoms with Gasteiger partial charge in [0.1, 0.15) is 17.6 Å². The molecule has 0 radical (unpaired) electrons. The van der Waals surface area contributed by atoms with Crippen LogP contribution >= 0.6 is 11.6 Å². The van der Waals surface area contributed by atoms with E-state index in [9.17, 15) is 8.78 Å². The van der Waals surface area contributed by atoms with Gasteiger partial charge in [0.2, 0.25) is 5.88 Å². The van der Waals surface area contributed by atoms with Gasteiger partial charge >= 0.3 is 0 Å². The van der Waals surface area contributed by atoms with E-state index in [0.29, 0.717) is 34.4 Å². The summed E-state index contributed by atoms with van der Waals surface area (Å²) in [6.45, 7) is 0. The van der Waals surface area contributed by atoms with Crippen molar-refractivity contribution in [2.75, 3.05) is 0 Å². The summed E-state index contributed by atoms with van der Waals surface area (Å²) in [4.78, 5) is 4.10. The first-order valence-electron chi connectivity index (χ1n) is 8.12. The second kappa shape index (κ2) is 6.92. The number of aromatic nitrogens is 1. The summed E-state index contributed by atoms with van der Waals surface area (Å²) in [5.41, 5.74) is 1.62. The largest absolute Gasteiger partial charge is 0.485 e. The molecule has 6 heteroatoms. The number of nitrogens with zero attached hydrogens (tertiary/aromatic N) is 1. The molecule has 1 aliphatic heterocycles. The van der Waals surface area contributed by atoms with Crippen LogP contribution in [0.5, 0.6) is 17.4 Å². The molecule has 0 saturated heterocycles. The fourth-order valence-corrected chi connectivity index (χ4v) is 3.03. The van der Waals surface area contributed by atoms with Crippen LogP contribution < -0.4 is 9.47 Å². The Morgan fingerprint density at radius 3 is 2.69 bits per heavy atom. The van der Waals surface area contributed by atoms with Crippen molar-refractivity contribution in [1.29, 1.82) is 0 Å². The maximum Gasteiger partial charge on any atom is 0.219 e. The fourth-order valence-electron chi connectivity index (χ4n) is 2.92. The van der Waals surface area contributed by atoms with Gasteiger partial charge in [0, 0.05) is 12.3 Å². The van der Waals surface area contributed by atoms with E-state index in [1.165, 1.54) is 12.3 Å². The van der Waals surface area contributed by atoms with Crippen LogP contribution in [-0.2, 0) is 6.42 Å². The van der Waals surface area contributed by atoms with Crippen molar-refractivity contribution in [3.8, 4) is 17.4 Å².